The normalized spacial score (nSPS) is 10.8. The molecule has 7 heteroatoms. The van der Waals surface area contributed by atoms with Gasteiger partial charge in [-0.15, -0.1) is 0 Å². The second kappa shape index (κ2) is 4.69. The summed E-state index contributed by atoms with van der Waals surface area (Å²) in [5.41, 5.74) is 1.15. The molecule has 7 nitrogen and oxygen atoms in total. The van der Waals surface area contributed by atoms with E-state index in [2.05, 4.69) is 15.3 Å². The average Bonchev–Trinajstić information content (AvgIpc) is 3.00. The Balaban J connectivity index is 1.80. The molecule has 102 valence electrons. The van der Waals surface area contributed by atoms with Crippen LogP contribution in [0, 0.1) is 6.92 Å². The summed E-state index contributed by atoms with van der Waals surface area (Å²) in [7, 11) is 0. The second-order valence-electron chi connectivity index (χ2n) is 4.22. The Morgan fingerprint density at radius 1 is 1.40 bits per heavy atom. The molecule has 0 aliphatic rings. The highest BCUT2D eigenvalue weighted by Gasteiger charge is 2.10. The highest BCUT2D eigenvalue weighted by atomic mass is 16.4. The van der Waals surface area contributed by atoms with Crippen molar-refractivity contribution >= 4 is 23.1 Å². The molecule has 0 unspecified atom stereocenters. The minimum absolute atomic E-state index is 0.156. The van der Waals surface area contributed by atoms with Crippen molar-refractivity contribution in [3.63, 3.8) is 0 Å². The zero-order valence-electron chi connectivity index (χ0n) is 10.6. The fraction of sp³-hybridized carbons (Fsp3) is 0.154. The van der Waals surface area contributed by atoms with Crippen molar-refractivity contribution in [1.29, 1.82) is 0 Å². The van der Waals surface area contributed by atoms with Crippen LogP contribution in [0.2, 0.25) is 0 Å². The molecule has 0 fully saturated rings. The first-order valence-corrected chi connectivity index (χ1v) is 5.91. The van der Waals surface area contributed by atoms with E-state index in [1.807, 2.05) is 6.92 Å². The Morgan fingerprint density at radius 2 is 2.25 bits per heavy atom. The molecule has 0 amide bonds. The molecule has 0 radical (unpaired) electrons. The molecule has 20 heavy (non-hydrogen) atoms. The number of nitrogens with zero attached hydrogens (tertiary/aromatic N) is 2. The van der Waals surface area contributed by atoms with E-state index in [0.29, 0.717) is 29.5 Å². The number of fused-ring (bicyclic) bond motifs is 1. The predicted octanol–water partition coefficient (Wildman–Crippen LogP) is 2.43. The number of rotatable bonds is 4. The predicted molar refractivity (Wildman–Crippen MR) is 69.5 cm³/mol. The maximum atomic E-state index is 10.9. The molecule has 0 atom stereocenters. The third-order valence-corrected chi connectivity index (χ3v) is 2.70. The Labute approximate surface area is 113 Å². The Kier molecular flexibility index (Phi) is 2.86. The molecule has 0 saturated heterocycles. The van der Waals surface area contributed by atoms with E-state index in [-0.39, 0.29) is 5.56 Å². The molecule has 0 spiro atoms. The summed E-state index contributed by atoms with van der Waals surface area (Å²) < 4.78 is 10.7. The number of aryl methyl sites for hydroxylation is 1. The summed E-state index contributed by atoms with van der Waals surface area (Å²) in [6, 6.07) is 4.81. The van der Waals surface area contributed by atoms with Crippen LogP contribution in [0.5, 0.6) is 0 Å². The number of aromatic carboxylic acids is 1. The van der Waals surface area contributed by atoms with Gasteiger partial charge in [0.15, 0.2) is 5.58 Å². The Bertz CT molecular complexity index is 775. The van der Waals surface area contributed by atoms with Gasteiger partial charge in [0.1, 0.15) is 11.3 Å². The highest BCUT2D eigenvalue weighted by Crippen LogP contribution is 2.20. The van der Waals surface area contributed by atoms with Crippen molar-refractivity contribution in [2.45, 2.75) is 13.5 Å². The molecule has 2 N–H and O–H groups in total. The largest absolute Gasteiger partial charge is 0.478 e. The number of nitrogens with one attached hydrogen (secondary N) is 1. The fourth-order valence-electron chi connectivity index (χ4n) is 1.77. The summed E-state index contributed by atoms with van der Waals surface area (Å²) in [4.78, 5) is 19.1. The Hall–Kier alpha value is -2.83. The van der Waals surface area contributed by atoms with Crippen LogP contribution in [0.3, 0.4) is 0 Å². The lowest BCUT2D eigenvalue weighted by atomic mass is 10.2. The van der Waals surface area contributed by atoms with Crippen LogP contribution in [-0.2, 0) is 6.54 Å². The van der Waals surface area contributed by atoms with Crippen molar-refractivity contribution in [3.8, 4) is 0 Å². The molecule has 0 aliphatic heterocycles. The van der Waals surface area contributed by atoms with Crippen LogP contribution in [0.1, 0.15) is 22.0 Å². The monoisotopic (exact) mass is 273 g/mol. The number of aromatic nitrogens is 2. The van der Waals surface area contributed by atoms with Crippen molar-refractivity contribution in [2.75, 3.05) is 5.32 Å². The number of carboxylic acid groups (broad SMARTS) is 1. The van der Waals surface area contributed by atoms with Crippen molar-refractivity contribution in [1.82, 2.24) is 9.97 Å². The smallest absolute Gasteiger partial charge is 0.335 e. The number of hydrogen-bond acceptors (Lipinski definition) is 6. The Morgan fingerprint density at radius 3 is 2.95 bits per heavy atom. The molecule has 0 bridgehead atoms. The van der Waals surface area contributed by atoms with Gasteiger partial charge in [-0.2, -0.15) is 4.98 Å². The van der Waals surface area contributed by atoms with Gasteiger partial charge in [0.05, 0.1) is 18.3 Å². The van der Waals surface area contributed by atoms with Crippen molar-refractivity contribution in [3.05, 3.63) is 41.6 Å². The number of benzene rings is 1. The summed E-state index contributed by atoms with van der Waals surface area (Å²) in [5.74, 6) is 0.245. The number of hydrogen-bond donors (Lipinski definition) is 2. The van der Waals surface area contributed by atoms with Crippen LogP contribution in [-0.4, -0.2) is 21.0 Å². The standard InChI is InChI=1S/C13H11N3O4/c1-7-5-14-11(19-7)6-15-13-16-9-3-2-8(12(17)18)4-10(9)20-13/h2-5H,6H2,1H3,(H,15,16)(H,17,18). The lowest BCUT2D eigenvalue weighted by Crippen LogP contribution is -1.99. The number of oxazole rings is 2. The SMILES string of the molecule is Cc1cnc(CNc2nc3ccc(C(=O)O)cc3o2)o1. The van der Waals surface area contributed by atoms with Gasteiger partial charge < -0.3 is 19.3 Å². The maximum absolute atomic E-state index is 10.9. The third kappa shape index (κ3) is 2.33. The second-order valence-corrected chi connectivity index (χ2v) is 4.22. The molecule has 3 aromatic rings. The lowest BCUT2D eigenvalue weighted by molar-refractivity contribution is 0.0697. The van der Waals surface area contributed by atoms with Gasteiger partial charge in [0, 0.05) is 0 Å². The van der Waals surface area contributed by atoms with Gasteiger partial charge in [-0.1, -0.05) is 0 Å². The van der Waals surface area contributed by atoms with Gasteiger partial charge >= 0.3 is 5.97 Å². The summed E-state index contributed by atoms with van der Waals surface area (Å²) in [6.07, 6.45) is 1.63. The fourth-order valence-corrected chi connectivity index (χ4v) is 1.77. The molecular weight excluding hydrogens is 262 g/mol. The van der Waals surface area contributed by atoms with E-state index in [0.717, 1.165) is 5.76 Å². The molecule has 2 aromatic heterocycles. The summed E-state index contributed by atoms with van der Waals surface area (Å²) in [6.45, 7) is 2.15. The first-order valence-electron chi connectivity index (χ1n) is 5.91. The molecule has 0 saturated carbocycles. The average molecular weight is 273 g/mol. The lowest BCUT2D eigenvalue weighted by Gasteiger charge is -1.96. The number of anilines is 1. The molecule has 3 rings (SSSR count). The first-order chi connectivity index (χ1) is 9.61. The maximum Gasteiger partial charge on any atom is 0.335 e. The van der Waals surface area contributed by atoms with Crippen LogP contribution in [0.15, 0.2) is 33.2 Å². The van der Waals surface area contributed by atoms with Gasteiger partial charge in [-0.3, -0.25) is 0 Å². The van der Waals surface area contributed by atoms with Gasteiger partial charge in [-0.05, 0) is 25.1 Å². The number of carbonyl (C=O) groups is 1. The van der Waals surface area contributed by atoms with Gasteiger partial charge in [-0.25, -0.2) is 9.78 Å². The van der Waals surface area contributed by atoms with Crippen molar-refractivity contribution in [2.24, 2.45) is 0 Å². The minimum Gasteiger partial charge on any atom is -0.478 e. The quantitative estimate of drug-likeness (QED) is 0.752. The van der Waals surface area contributed by atoms with Gasteiger partial charge in [0.25, 0.3) is 6.01 Å². The topological polar surface area (TPSA) is 101 Å². The van der Waals surface area contributed by atoms with E-state index in [9.17, 15) is 4.79 Å². The van der Waals surface area contributed by atoms with E-state index in [1.54, 1.807) is 12.3 Å². The molecule has 2 heterocycles. The van der Waals surface area contributed by atoms with E-state index in [4.69, 9.17) is 13.9 Å². The van der Waals surface area contributed by atoms with E-state index >= 15 is 0 Å². The summed E-state index contributed by atoms with van der Waals surface area (Å²) >= 11 is 0. The minimum atomic E-state index is -1.01. The van der Waals surface area contributed by atoms with Crippen LogP contribution < -0.4 is 5.32 Å². The van der Waals surface area contributed by atoms with Crippen LogP contribution >= 0.6 is 0 Å². The number of carboxylic acids is 1. The molecule has 0 aliphatic carbocycles. The highest BCUT2D eigenvalue weighted by molar-refractivity contribution is 5.92. The zero-order chi connectivity index (χ0) is 14.1. The summed E-state index contributed by atoms with van der Waals surface area (Å²) in [5, 5.41) is 11.8. The van der Waals surface area contributed by atoms with Crippen LogP contribution in [0.25, 0.3) is 11.1 Å². The zero-order valence-corrected chi connectivity index (χ0v) is 10.6. The van der Waals surface area contributed by atoms with Crippen molar-refractivity contribution < 1.29 is 18.7 Å². The van der Waals surface area contributed by atoms with Gasteiger partial charge in [0.2, 0.25) is 5.89 Å². The molecular formula is C13H11N3O4. The molecule has 1 aromatic carbocycles. The van der Waals surface area contributed by atoms with Crippen LogP contribution in [0.4, 0.5) is 6.01 Å². The van der Waals surface area contributed by atoms with E-state index in [1.165, 1.54) is 12.1 Å². The first kappa shape index (κ1) is 12.2. The van der Waals surface area contributed by atoms with E-state index < -0.39 is 5.97 Å². The third-order valence-electron chi connectivity index (χ3n) is 2.70.